The van der Waals surface area contributed by atoms with Gasteiger partial charge in [-0.05, 0) is 30.3 Å². The molecule has 2 nitrogen and oxygen atoms in total. The van der Waals surface area contributed by atoms with Crippen molar-refractivity contribution >= 4 is 21.4 Å². The SMILES string of the molecule is O=S(=O)(Cc1c(F)cccc1Cl)c1cccc(F)c1. The molecular weight excluding hydrogens is 294 g/mol. The molecule has 0 aliphatic rings. The minimum Gasteiger partial charge on any atom is -0.223 e. The standard InChI is InChI=1S/C13H9ClF2O2S/c14-12-5-2-6-13(16)11(12)8-19(17,18)10-4-1-3-9(15)7-10/h1-7H,8H2. The van der Waals surface area contributed by atoms with Gasteiger partial charge in [-0.1, -0.05) is 23.7 Å². The van der Waals surface area contributed by atoms with Crippen molar-refractivity contribution in [2.45, 2.75) is 10.6 Å². The van der Waals surface area contributed by atoms with Gasteiger partial charge in [0.05, 0.1) is 10.6 Å². The van der Waals surface area contributed by atoms with Crippen molar-refractivity contribution in [1.29, 1.82) is 0 Å². The van der Waals surface area contributed by atoms with E-state index in [0.717, 1.165) is 18.2 Å². The summed E-state index contributed by atoms with van der Waals surface area (Å²) in [6, 6.07) is 8.48. The Morgan fingerprint density at radius 3 is 2.37 bits per heavy atom. The first-order valence-corrected chi connectivity index (χ1v) is 7.34. The highest BCUT2D eigenvalue weighted by Gasteiger charge is 2.20. The maximum absolute atomic E-state index is 13.6. The molecule has 0 saturated carbocycles. The smallest absolute Gasteiger partial charge is 0.182 e. The van der Waals surface area contributed by atoms with Crippen LogP contribution in [0.25, 0.3) is 0 Å². The zero-order valence-corrected chi connectivity index (χ0v) is 11.2. The fourth-order valence-electron chi connectivity index (χ4n) is 1.60. The molecule has 0 heterocycles. The van der Waals surface area contributed by atoms with Gasteiger partial charge in [-0.3, -0.25) is 0 Å². The second-order valence-corrected chi connectivity index (χ2v) is 6.31. The van der Waals surface area contributed by atoms with E-state index in [0.29, 0.717) is 0 Å². The van der Waals surface area contributed by atoms with Crippen LogP contribution in [0.1, 0.15) is 5.56 Å². The number of rotatable bonds is 3. The first-order valence-electron chi connectivity index (χ1n) is 5.31. The molecule has 2 aromatic rings. The van der Waals surface area contributed by atoms with Crippen LogP contribution in [-0.2, 0) is 15.6 Å². The van der Waals surface area contributed by atoms with E-state index >= 15 is 0 Å². The van der Waals surface area contributed by atoms with Crippen molar-refractivity contribution in [3.8, 4) is 0 Å². The number of halogens is 3. The molecule has 0 bridgehead atoms. The summed E-state index contributed by atoms with van der Waals surface area (Å²) in [4.78, 5) is -0.202. The van der Waals surface area contributed by atoms with Crippen LogP contribution in [0.4, 0.5) is 8.78 Å². The van der Waals surface area contributed by atoms with Crippen LogP contribution in [0.2, 0.25) is 5.02 Å². The van der Waals surface area contributed by atoms with Crippen molar-refractivity contribution in [2.75, 3.05) is 0 Å². The van der Waals surface area contributed by atoms with E-state index in [4.69, 9.17) is 11.6 Å². The summed E-state index contributed by atoms with van der Waals surface area (Å²) in [5, 5.41) is 0.0278. The third-order valence-electron chi connectivity index (χ3n) is 2.55. The molecule has 0 fully saturated rings. The van der Waals surface area contributed by atoms with Gasteiger partial charge in [-0.15, -0.1) is 0 Å². The average molecular weight is 303 g/mol. The number of hydrogen-bond donors (Lipinski definition) is 0. The van der Waals surface area contributed by atoms with Crippen LogP contribution >= 0.6 is 11.6 Å². The third-order valence-corrected chi connectivity index (χ3v) is 4.55. The topological polar surface area (TPSA) is 34.1 Å². The highest BCUT2D eigenvalue weighted by Crippen LogP contribution is 2.24. The van der Waals surface area contributed by atoms with E-state index in [1.54, 1.807) is 0 Å². The zero-order chi connectivity index (χ0) is 14.0. The van der Waals surface area contributed by atoms with Gasteiger partial charge in [0.2, 0.25) is 0 Å². The molecule has 0 radical (unpaired) electrons. The summed E-state index contributed by atoms with van der Waals surface area (Å²) >= 11 is 5.78. The largest absolute Gasteiger partial charge is 0.223 e. The molecule has 0 aliphatic carbocycles. The lowest BCUT2D eigenvalue weighted by molar-refractivity contribution is 0.583. The van der Waals surface area contributed by atoms with Crippen LogP contribution in [0.5, 0.6) is 0 Å². The fraction of sp³-hybridized carbons (Fsp3) is 0.0769. The van der Waals surface area contributed by atoms with E-state index in [2.05, 4.69) is 0 Å². The maximum Gasteiger partial charge on any atom is 0.182 e. The molecule has 0 spiro atoms. The van der Waals surface area contributed by atoms with E-state index in [1.807, 2.05) is 0 Å². The minimum atomic E-state index is -3.85. The molecule has 0 saturated heterocycles. The Bertz CT molecular complexity index is 694. The van der Waals surface area contributed by atoms with Crippen molar-refractivity contribution in [3.05, 3.63) is 64.7 Å². The zero-order valence-electron chi connectivity index (χ0n) is 9.61. The molecule has 0 atom stereocenters. The lowest BCUT2D eigenvalue weighted by atomic mass is 10.2. The molecule has 0 unspecified atom stereocenters. The van der Waals surface area contributed by atoms with Gasteiger partial charge in [-0.2, -0.15) is 0 Å². The summed E-state index contributed by atoms with van der Waals surface area (Å²) in [7, 11) is -3.85. The van der Waals surface area contributed by atoms with Crippen molar-refractivity contribution in [1.82, 2.24) is 0 Å². The summed E-state index contributed by atoms with van der Waals surface area (Å²) in [5.41, 5.74) is -0.117. The molecule has 19 heavy (non-hydrogen) atoms. The van der Waals surface area contributed by atoms with Gasteiger partial charge in [0.15, 0.2) is 9.84 Å². The number of benzene rings is 2. The summed E-state index contributed by atoms with van der Waals surface area (Å²) in [6.07, 6.45) is 0. The maximum atomic E-state index is 13.6. The van der Waals surface area contributed by atoms with Gasteiger partial charge in [0, 0.05) is 10.6 Å². The second-order valence-electron chi connectivity index (χ2n) is 3.92. The predicted molar refractivity (Wildman–Crippen MR) is 68.7 cm³/mol. The van der Waals surface area contributed by atoms with Crippen LogP contribution in [0, 0.1) is 11.6 Å². The molecule has 0 aromatic heterocycles. The monoisotopic (exact) mass is 302 g/mol. The van der Waals surface area contributed by atoms with Crippen molar-refractivity contribution in [2.24, 2.45) is 0 Å². The lowest BCUT2D eigenvalue weighted by Gasteiger charge is -2.07. The Kier molecular flexibility index (Phi) is 3.87. The normalized spacial score (nSPS) is 11.5. The predicted octanol–water partition coefficient (Wildman–Crippen LogP) is 3.59. The van der Waals surface area contributed by atoms with Gasteiger partial charge < -0.3 is 0 Å². The summed E-state index contributed by atoms with van der Waals surface area (Å²) < 4.78 is 50.7. The highest BCUT2D eigenvalue weighted by atomic mass is 35.5. The van der Waals surface area contributed by atoms with Crippen LogP contribution in [-0.4, -0.2) is 8.42 Å². The highest BCUT2D eigenvalue weighted by molar-refractivity contribution is 7.90. The first-order chi connectivity index (χ1) is 8.90. The first kappa shape index (κ1) is 14.0. The van der Waals surface area contributed by atoms with E-state index in [9.17, 15) is 17.2 Å². The van der Waals surface area contributed by atoms with Crippen molar-refractivity contribution in [3.63, 3.8) is 0 Å². The molecule has 0 N–H and O–H groups in total. The minimum absolute atomic E-state index is 0.0278. The van der Waals surface area contributed by atoms with Gasteiger partial charge in [-0.25, -0.2) is 17.2 Å². The summed E-state index contributed by atoms with van der Waals surface area (Å²) in [5.74, 6) is -1.98. The third kappa shape index (κ3) is 3.11. The lowest BCUT2D eigenvalue weighted by Crippen LogP contribution is -2.07. The Morgan fingerprint density at radius 1 is 1.05 bits per heavy atom. The molecule has 0 aliphatic heterocycles. The van der Waals surface area contributed by atoms with Crippen LogP contribution in [0.3, 0.4) is 0 Å². The Morgan fingerprint density at radius 2 is 1.74 bits per heavy atom. The fourth-order valence-corrected chi connectivity index (χ4v) is 3.33. The molecule has 2 aromatic carbocycles. The van der Waals surface area contributed by atoms with E-state index in [-0.39, 0.29) is 15.5 Å². The Labute approximate surface area is 114 Å². The summed E-state index contributed by atoms with van der Waals surface area (Å²) in [6.45, 7) is 0. The molecular formula is C13H9ClF2O2S. The molecule has 100 valence electrons. The van der Waals surface area contributed by atoms with Gasteiger partial charge in [0.25, 0.3) is 0 Å². The number of sulfone groups is 1. The Hall–Kier alpha value is -1.46. The van der Waals surface area contributed by atoms with E-state index in [1.165, 1.54) is 24.3 Å². The molecule has 6 heteroatoms. The van der Waals surface area contributed by atoms with Gasteiger partial charge in [0.1, 0.15) is 11.6 Å². The Balaban J connectivity index is 2.42. The van der Waals surface area contributed by atoms with Crippen molar-refractivity contribution < 1.29 is 17.2 Å². The van der Waals surface area contributed by atoms with Crippen LogP contribution < -0.4 is 0 Å². The number of hydrogen-bond acceptors (Lipinski definition) is 2. The van der Waals surface area contributed by atoms with Crippen LogP contribution in [0.15, 0.2) is 47.4 Å². The molecule has 2 rings (SSSR count). The van der Waals surface area contributed by atoms with Gasteiger partial charge >= 0.3 is 0 Å². The molecule has 0 amide bonds. The quantitative estimate of drug-likeness (QED) is 0.868. The average Bonchev–Trinajstić information content (AvgIpc) is 2.34. The van der Waals surface area contributed by atoms with E-state index < -0.39 is 27.2 Å². The second kappa shape index (κ2) is 5.27.